The van der Waals surface area contributed by atoms with Gasteiger partial charge in [-0.2, -0.15) is 0 Å². The monoisotopic (exact) mass is 1400 g/mol. The number of hydrogen-bond donors (Lipinski definition) is 0. The van der Waals surface area contributed by atoms with Gasteiger partial charge in [-0.1, -0.05) is 389 Å². The second kappa shape index (κ2) is 28.2. The molecule has 1 fully saturated rings. The van der Waals surface area contributed by atoms with Crippen molar-refractivity contribution < 1.29 is 0 Å². The van der Waals surface area contributed by atoms with Crippen LogP contribution in [0.5, 0.6) is 0 Å². The lowest BCUT2D eigenvalue weighted by Gasteiger charge is -2.44. The third-order valence-electron chi connectivity index (χ3n) is 23.3. The largest absolute Gasteiger partial charge is 0.333 e. The van der Waals surface area contributed by atoms with Crippen LogP contribution in [0.15, 0.2) is 423 Å². The van der Waals surface area contributed by atoms with Crippen LogP contribution < -0.4 is 0 Å². The van der Waals surface area contributed by atoms with E-state index in [0.29, 0.717) is 6.42 Å². The molecule has 2 aromatic heterocycles. The lowest BCUT2D eigenvalue weighted by atomic mass is 9.64. The van der Waals surface area contributed by atoms with Gasteiger partial charge in [0.1, 0.15) is 0 Å². The highest BCUT2D eigenvalue weighted by Gasteiger charge is 2.45. The molecule has 20 rings (SSSR count). The average Bonchev–Trinajstić information content (AvgIpc) is 1.09. The summed E-state index contributed by atoms with van der Waals surface area (Å²) in [6, 6.07) is 150. The quantitative estimate of drug-likeness (QED) is 0.0912. The zero-order valence-corrected chi connectivity index (χ0v) is 61.4. The van der Waals surface area contributed by atoms with E-state index in [4.69, 9.17) is 0 Å². The normalized spacial score (nSPS) is 15.0. The molecule has 110 heavy (non-hydrogen) atoms. The molecule has 2 nitrogen and oxygen atoms in total. The zero-order chi connectivity index (χ0) is 73.0. The fraction of sp³-hybridized carbons (Fsp3) is 0.0556. The first-order valence-corrected chi connectivity index (χ1v) is 38.8. The van der Waals surface area contributed by atoms with E-state index < -0.39 is 0 Å². The maximum Gasteiger partial charge on any atom is 0.0638 e. The molecule has 2 heteroatoms. The van der Waals surface area contributed by atoms with Crippen molar-refractivity contribution in [1.82, 2.24) is 9.13 Å². The Bertz CT molecular complexity index is 6280. The Morgan fingerprint density at radius 1 is 0.245 bits per heavy atom. The van der Waals surface area contributed by atoms with Gasteiger partial charge in [0.05, 0.1) is 12.1 Å². The molecular formula is C108H78N2. The maximum atomic E-state index is 2.76. The Morgan fingerprint density at radius 3 is 0.709 bits per heavy atom. The van der Waals surface area contributed by atoms with Gasteiger partial charge in [0, 0.05) is 43.6 Å². The Balaban J connectivity index is 1.07. The zero-order valence-electron chi connectivity index (χ0n) is 61.4. The molecule has 1 saturated carbocycles. The van der Waals surface area contributed by atoms with E-state index in [0.717, 1.165) is 68.5 Å². The molecule has 0 spiro atoms. The van der Waals surface area contributed by atoms with Crippen LogP contribution in [-0.2, 0) is 0 Å². The summed E-state index contributed by atoms with van der Waals surface area (Å²) in [6.07, 6.45) is 4.88. The Labute approximate surface area is 643 Å². The number of hydrogen-bond acceptors (Lipinski definition) is 0. The van der Waals surface area contributed by atoms with Crippen LogP contribution in [0.1, 0.15) is 49.4 Å². The second-order valence-corrected chi connectivity index (χ2v) is 29.2. The summed E-state index contributed by atoms with van der Waals surface area (Å²) < 4.78 is 5.48. The highest BCUT2D eigenvalue weighted by Crippen LogP contribution is 2.65. The van der Waals surface area contributed by atoms with E-state index in [1.807, 2.05) is 0 Å². The van der Waals surface area contributed by atoms with Crippen molar-refractivity contribution in [1.29, 1.82) is 0 Å². The molecule has 2 atom stereocenters. The summed E-state index contributed by atoms with van der Waals surface area (Å²) in [4.78, 5) is 0. The van der Waals surface area contributed by atoms with Crippen LogP contribution in [0.3, 0.4) is 0 Å². The summed E-state index contributed by atoms with van der Waals surface area (Å²) >= 11 is 0. The standard InChI is InChI=1S/C108H78N2/c1-2-82(107-101(78-53-25-9-26-54-78)97(74-45-17-5-18-46-74)95(72-41-13-3-14-42-72)98(75-47-19-6-20-48-75)102(107)79-55-27-10-28-56-79)105-88(71-94(105)110-91-67-39-35-63-85(91)86-64-36-40-68-92(86)110)106(87-69-70-93(87)109-89-65-37-33-61-83(89)84-62-34-38-66-90(84)109)108-103(80-57-29-11-30-58-80)99(76-49-21-7-22-50-76)96(73-43-15-4-16-44-73)100(77-51-23-8-24-52-77)104(108)81-59-31-12-32-60-81/h3-69,93-94H,2,70-71H2,1H3/b105-82-,106-88+/t93-,94?/m1/s1. The van der Waals surface area contributed by atoms with Gasteiger partial charge in [-0.25, -0.2) is 0 Å². The van der Waals surface area contributed by atoms with Gasteiger partial charge in [0.25, 0.3) is 0 Å². The average molecular weight is 1400 g/mol. The molecule has 0 saturated heterocycles. The minimum Gasteiger partial charge on any atom is -0.333 e. The molecule has 0 amide bonds. The van der Waals surface area contributed by atoms with Crippen molar-refractivity contribution in [3.63, 3.8) is 0 Å². The fourth-order valence-electron chi connectivity index (χ4n) is 18.7. The Kier molecular flexibility index (Phi) is 16.9. The van der Waals surface area contributed by atoms with Crippen LogP contribution in [-0.4, -0.2) is 9.13 Å². The van der Waals surface area contributed by atoms with Crippen molar-refractivity contribution in [3.05, 3.63) is 434 Å². The molecule has 520 valence electrons. The lowest BCUT2D eigenvalue weighted by molar-refractivity contribution is 0.534. The molecule has 1 unspecified atom stereocenters. The third-order valence-corrected chi connectivity index (χ3v) is 23.3. The van der Waals surface area contributed by atoms with Gasteiger partial charge in [-0.15, -0.1) is 0 Å². The maximum absolute atomic E-state index is 2.76. The summed E-state index contributed by atoms with van der Waals surface area (Å²) in [6.45, 7) is 2.46. The molecule has 18 aromatic rings. The van der Waals surface area contributed by atoms with Crippen molar-refractivity contribution >= 4 is 54.8 Å². The third kappa shape index (κ3) is 11.0. The number of nitrogens with zero attached hydrogens (tertiary/aromatic N) is 2. The van der Waals surface area contributed by atoms with Crippen LogP contribution in [0.2, 0.25) is 0 Å². The van der Waals surface area contributed by atoms with Gasteiger partial charge >= 0.3 is 0 Å². The number of allylic oxidation sites excluding steroid dienone is 6. The number of benzene rings is 16. The predicted octanol–water partition coefficient (Wildman–Crippen LogP) is 29.4. The first-order chi connectivity index (χ1) is 54.7. The topological polar surface area (TPSA) is 9.86 Å². The summed E-state index contributed by atoms with van der Waals surface area (Å²) in [7, 11) is 0. The fourth-order valence-corrected chi connectivity index (χ4v) is 18.7. The highest BCUT2D eigenvalue weighted by molar-refractivity contribution is 6.19. The van der Waals surface area contributed by atoms with E-state index in [2.05, 4.69) is 423 Å². The molecule has 2 aliphatic rings. The molecular weight excluding hydrogens is 1330 g/mol. The van der Waals surface area contributed by atoms with E-state index in [-0.39, 0.29) is 12.1 Å². The minimum absolute atomic E-state index is 0.0819. The highest BCUT2D eigenvalue weighted by atomic mass is 15.0. The first kappa shape index (κ1) is 65.8. The second-order valence-electron chi connectivity index (χ2n) is 29.2. The van der Waals surface area contributed by atoms with Crippen LogP contribution >= 0.6 is 0 Å². The smallest absolute Gasteiger partial charge is 0.0638 e. The van der Waals surface area contributed by atoms with Crippen molar-refractivity contribution in [2.75, 3.05) is 0 Å². The summed E-state index contributed by atoms with van der Waals surface area (Å²) in [5, 5.41) is 5.02. The number of fused-ring (bicyclic) bond motifs is 6. The molecule has 0 N–H and O–H groups in total. The van der Waals surface area contributed by atoms with Gasteiger partial charge in [0.15, 0.2) is 0 Å². The van der Waals surface area contributed by atoms with E-state index in [9.17, 15) is 0 Å². The lowest BCUT2D eigenvalue weighted by Crippen LogP contribution is -2.29. The number of rotatable bonds is 16. The summed E-state index contributed by atoms with van der Waals surface area (Å²) in [5.41, 5.74) is 37.5. The van der Waals surface area contributed by atoms with Crippen LogP contribution in [0.4, 0.5) is 0 Å². The van der Waals surface area contributed by atoms with Gasteiger partial charge in [-0.05, 0) is 194 Å². The predicted molar refractivity (Wildman–Crippen MR) is 466 cm³/mol. The number of aromatic nitrogens is 2. The first-order valence-electron chi connectivity index (χ1n) is 38.8. The molecule has 2 aliphatic carbocycles. The van der Waals surface area contributed by atoms with Gasteiger partial charge in [-0.3, -0.25) is 0 Å². The van der Waals surface area contributed by atoms with Gasteiger partial charge < -0.3 is 9.13 Å². The van der Waals surface area contributed by atoms with E-state index in [1.165, 1.54) is 138 Å². The molecule has 2 heterocycles. The number of para-hydroxylation sites is 4. The molecule has 0 radical (unpaired) electrons. The van der Waals surface area contributed by atoms with Gasteiger partial charge in [0.2, 0.25) is 0 Å². The Morgan fingerprint density at radius 2 is 0.464 bits per heavy atom. The van der Waals surface area contributed by atoms with E-state index in [1.54, 1.807) is 0 Å². The van der Waals surface area contributed by atoms with E-state index >= 15 is 0 Å². The van der Waals surface area contributed by atoms with Crippen molar-refractivity contribution in [2.45, 2.75) is 38.3 Å². The van der Waals surface area contributed by atoms with Crippen molar-refractivity contribution in [2.24, 2.45) is 0 Å². The SMILES string of the molecule is CC/C(=C1\C(=C(/C2=CC[C@H]2n2c3ccccc3c3ccccc32)c2c(-c3ccccc3)c(-c3ccccc3)c(-c3ccccc3)c(-c3ccccc3)c2-c2ccccc2)CC1n1c2ccccc2c2ccccc21)c1c(-c2ccccc2)c(-c2ccccc2)c(-c2ccccc2)c(-c2ccccc2)c1-c1ccccc1. The van der Waals surface area contributed by atoms with Crippen molar-refractivity contribution in [3.8, 4) is 111 Å². The molecule has 0 bridgehead atoms. The minimum atomic E-state index is -0.167. The van der Waals surface area contributed by atoms with Crippen LogP contribution in [0, 0.1) is 0 Å². The summed E-state index contributed by atoms with van der Waals surface area (Å²) in [5.74, 6) is 0. The van der Waals surface area contributed by atoms with Crippen LogP contribution in [0.25, 0.3) is 166 Å². The molecule has 16 aromatic carbocycles. The Hall–Kier alpha value is -13.7. The molecule has 0 aliphatic heterocycles.